The van der Waals surface area contributed by atoms with Crippen LogP contribution in [0.3, 0.4) is 0 Å². The molecule has 0 N–H and O–H groups in total. The first kappa shape index (κ1) is 9.83. The third kappa shape index (κ3) is 1.88. The van der Waals surface area contributed by atoms with Gasteiger partial charge in [-0.05, 0) is 12.1 Å². The Morgan fingerprint density at radius 2 is 2.20 bits per heavy atom. The van der Waals surface area contributed by atoms with Crippen molar-refractivity contribution in [2.24, 2.45) is 5.92 Å². The minimum absolute atomic E-state index is 0.164. The summed E-state index contributed by atoms with van der Waals surface area (Å²) >= 11 is 0. The number of esters is 1. The van der Waals surface area contributed by atoms with E-state index in [9.17, 15) is 4.79 Å². The maximum Gasteiger partial charge on any atom is 0.313 e. The minimum Gasteiger partial charge on any atom is -0.453 e. The molecule has 0 saturated heterocycles. The van der Waals surface area contributed by atoms with Crippen LogP contribution in [0.1, 0.15) is 13.8 Å². The lowest BCUT2D eigenvalue weighted by Crippen LogP contribution is -2.14. The van der Waals surface area contributed by atoms with Crippen LogP contribution >= 0.6 is 0 Å². The van der Waals surface area contributed by atoms with E-state index in [2.05, 4.69) is 0 Å². The second-order valence-corrected chi connectivity index (χ2v) is 3.57. The molecule has 4 nitrogen and oxygen atoms in total. The highest BCUT2D eigenvalue weighted by Crippen LogP contribution is 2.40. The van der Waals surface area contributed by atoms with Crippen LogP contribution in [-0.4, -0.2) is 12.8 Å². The molecule has 0 unspecified atom stereocenters. The van der Waals surface area contributed by atoms with E-state index < -0.39 is 0 Å². The zero-order chi connectivity index (χ0) is 10.8. The van der Waals surface area contributed by atoms with Gasteiger partial charge in [0.1, 0.15) is 0 Å². The van der Waals surface area contributed by atoms with E-state index >= 15 is 0 Å². The number of para-hydroxylation sites is 1. The first-order valence-electron chi connectivity index (χ1n) is 4.79. The van der Waals surface area contributed by atoms with Gasteiger partial charge in [0.05, 0.1) is 5.92 Å². The molecule has 1 aliphatic heterocycles. The number of benzene rings is 1. The molecule has 0 fully saturated rings. The molecule has 0 atom stereocenters. The van der Waals surface area contributed by atoms with Crippen molar-refractivity contribution < 1.29 is 19.0 Å². The quantitative estimate of drug-likeness (QED) is 0.550. The predicted molar refractivity (Wildman–Crippen MR) is 53.0 cm³/mol. The molecule has 0 saturated carbocycles. The number of hydrogen-bond acceptors (Lipinski definition) is 4. The van der Waals surface area contributed by atoms with E-state index in [0.717, 1.165) is 0 Å². The molecule has 80 valence electrons. The fraction of sp³-hybridized carbons (Fsp3) is 0.364. The minimum atomic E-state index is -0.279. The van der Waals surface area contributed by atoms with Gasteiger partial charge in [-0.2, -0.15) is 0 Å². The van der Waals surface area contributed by atoms with Gasteiger partial charge in [0, 0.05) is 0 Å². The highest BCUT2D eigenvalue weighted by Gasteiger charge is 2.21. The van der Waals surface area contributed by atoms with E-state index in [1.54, 1.807) is 32.0 Å². The summed E-state index contributed by atoms with van der Waals surface area (Å²) in [6.07, 6.45) is 0. The van der Waals surface area contributed by atoms with Gasteiger partial charge in [0.15, 0.2) is 11.5 Å². The van der Waals surface area contributed by atoms with Crippen LogP contribution in [0.15, 0.2) is 18.2 Å². The molecule has 1 aromatic rings. The van der Waals surface area contributed by atoms with Crippen LogP contribution in [0, 0.1) is 5.92 Å². The number of rotatable bonds is 2. The van der Waals surface area contributed by atoms with Crippen molar-refractivity contribution in [2.45, 2.75) is 13.8 Å². The molecular formula is C11H12O4. The van der Waals surface area contributed by atoms with Crippen LogP contribution in [0.2, 0.25) is 0 Å². The van der Waals surface area contributed by atoms with Crippen molar-refractivity contribution in [3.63, 3.8) is 0 Å². The Morgan fingerprint density at radius 1 is 1.40 bits per heavy atom. The summed E-state index contributed by atoms with van der Waals surface area (Å²) in [5, 5.41) is 0. The lowest BCUT2D eigenvalue weighted by atomic mass is 10.2. The maximum absolute atomic E-state index is 11.4. The fourth-order valence-corrected chi connectivity index (χ4v) is 1.21. The summed E-state index contributed by atoms with van der Waals surface area (Å²) in [5.74, 6) is 1.10. The Hall–Kier alpha value is -1.71. The molecule has 0 spiro atoms. The van der Waals surface area contributed by atoms with Gasteiger partial charge in [-0.1, -0.05) is 19.9 Å². The monoisotopic (exact) mass is 208 g/mol. The number of fused-ring (bicyclic) bond motifs is 1. The Labute approximate surface area is 87.8 Å². The van der Waals surface area contributed by atoms with Gasteiger partial charge in [-0.3, -0.25) is 4.79 Å². The molecule has 15 heavy (non-hydrogen) atoms. The molecular weight excluding hydrogens is 196 g/mol. The maximum atomic E-state index is 11.4. The second kappa shape index (κ2) is 3.81. The lowest BCUT2D eigenvalue weighted by molar-refractivity contribution is -0.137. The molecule has 1 aliphatic rings. The average Bonchev–Trinajstić information content (AvgIpc) is 2.66. The van der Waals surface area contributed by atoms with Crippen LogP contribution in [0.25, 0.3) is 0 Å². The summed E-state index contributed by atoms with van der Waals surface area (Å²) in [6, 6.07) is 5.22. The molecule has 2 rings (SSSR count). The molecule has 0 aromatic heterocycles. The predicted octanol–water partition coefficient (Wildman–Crippen LogP) is 1.98. The standard InChI is InChI=1S/C11H12O4/c1-7(2)11(12)15-9-5-3-4-8-10(9)14-6-13-8/h3-5,7H,6H2,1-2H3. The van der Waals surface area contributed by atoms with E-state index in [4.69, 9.17) is 14.2 Å². The first-order chi connectivity index (χ1) is 7.18. The van der Waals surface area contributed by atoms with Crippen molar-refractivity contribution in [3.8, 4) is 17.2 Å². The molecule has 1 heterocycles. The third-order valence-electron chi connectivity index (χ3n) is 2.04. The van der Waals surface area contributed by atoms with Crippen molar-refractivity contribution in [3.05, 3.63) is 18.2 Å². The number of carbonyl (C=O) groups excluding carboxylic acids is 1. The summed E-state index contributed by atoms with van der Waals surface area (Å²) < 4.78 is 15.6. The summed E-state index contributed by atoms with van der Waals surface area (Å²) in [6.45, 7) is 3.73. The Balaban J connectivity index is 2.22. The Kier molecular flexibility index (Phi) is 2.49. The number of ether oxygens (including phenoxy) is 3. The molecule has 0 bridgehead atoms. The SMILES string of the molecule is CC(C)C(=O)Oc1cccc2c1OCO2. The first-order valence-corrected chi connectivity index (χ1v) is 4.79. The zero-order valence-corrected chi connectivity index (χ0v) is 8.65. The highest BCUT2D eigenvalue weighted by molar-refractivity contribution is 5.75. The van der Waals surface area contributed by atoms with Crippen molar-refractivity contribution in [1.82, 2.24) is 0 Å². The van der Waals surface area contributed by atoms with E-state index in [1.165, 1.54) is 0 Å². The van der Waals surface area contributed by atoms with Gasteiger partial charge in [0.2, 0.25) is 12.5 Å². The smallest absolute Gasteiger partial charge is 0.313 e. The van der Waals surface area contributed by atoms with Crippen molar-refractivity contribution in [1.29, 1.82) is 0 Å². The zero-order valence-electron chi connectivity index (χ0n) is 8.65. The van der Waals surface area contributed by atoms with E-state index in [0.29, 0.717) is 17.2 Å². The fourth-order valence-electron chi connectivity index (χ4n) is 1.21. The summed E-state index contributed by atoms with van der Waals surface area (Å²) in [4.78, 5) is 11.4. The number of hydrogen-bond donors (Lipinski definition) is 0. The van der Waals surface area contributed by atoms with Crippen LogP contribution in [0.5, 0.6) is 17.2 Å². The molecule has 0 aliphatic carbocycles. The molecule has 0 radical (unpaired) electrons. The van der Waals surface area contributed by atoms with E-state index in [-0.39, 0.29) is 18.7 Å². The molecule has 1 aromatic carbocycles. The Bertz CT molecular complexity index is 384. The van der Waals surface area contributed by atoms with Gasteiger partial charge >= 0.3 is 5.97 Å². The van der Waals surface area contributed by atoms with Crippen molar-refractivity contribution >= 4 is 5.97 Å². The van der Waals surface area contributed by atoms with Crippen molar-refractivity contribution in [2.75, 3.05) is 6.79 Å². The van der Waals surface area contributed by atoms with E-state index in [1.807, 2.05) is 0 Å². The van der Waals surface area contributed by atoms with Crippen LogP contribution in [-0.2, 0) is 4.79 Å². The summed E-state index contributed by atoms with van der Waals surface area (Å²) in [5.41, 5.74) is 0. The molecule has 4 heteroatoms. The average molecular weight is 208 g/mol. The molecule has 0 amide bonds. The normalized spacial score (nSPS) is 13.0. The second-order valence-electron chi connectivity index (χ2n) is 3.57. The largest absolute Gasteiger partial charge is 0.453 e. The van der Waals surface area contributed by atoms with Crippen LogP contribution in [0.4, 0.5) is 0 Å². The van der Waals surface area contributed by atoms with Gasteiger partial charge in [-0.15, -0.1) is 0 Å². The number of carbonyl (C=O) groups is 1. The summed E-state index contributed by atoms with van der Waals surface area (Å²) in [7, 11) is 0. The highest BCUT2D eigenvalue weighted by atomic mass is 16.7. The third-order valence-corrected chi connectivity index (χ3v) is 2.04. The van der Waals surface area contributed by atoms with Gasteiger partial charge in [0.25, 0.3) is 0 Å². The lowest BCUT2D eigenvalue weighted by Gasteiger charge is -2.08. The van der Waals surface area contributed by atoms with Gasteiger partial charge < -0.3 is 14.2 Å². The van der Waals surface area contributed by atoms with Gasteiger partial charge in [-0.25, -0.2) is 0 Å². The Morgan fingerprint density at radius 3 is 2.93 bits per heavy atom. The topological polar surface area (TPSA) is 44.8 Å². The van der Waals surface area contributed by atoms with Crippen LogP contribution < -0.4 is 14.2 Å².